The van der Waals surface area contributed by atoms with Gasteiger partial charge in [0.2, 0.25) is 5.89 Å². The molecular weight excluding hydrogens is 256 g/mol. The zero-order chi connectivity index (χ0) is 14.9. The van der Waals surface area contributed by atoms with Crippen molar-refractivity contribution in [1.29, 1.82) is 0 Å². The molecule has 0 bridgehead atoms. The van der Waals surface area contributed by atoms with Gasteiger partial charge in [0.15, 0.2) is 0 Å². The van der Waals surface area contributed by atoms with Gasteiger partial charge in [-0.1, -0.05) is 0 Å². The number of hydrogen-bond donors (Lipinski definition) is 2. The topological polar surface area (TPSA) is 83.8 Å². The van der Waals surface area contributed by atoms with Crippen LogP contribution in [0.15, 0.2) is 9.21 Å². The summed E-state index contributed by atoms with van der Waals surface area (Å²) in [5, 5.41) is 3.24. The van der Waals surface area contributed by atoms with Gasteiger partial charge in [-0.3, -0.25) is 4.79 Å². The fourth-order valence-corrected chi connectivity index (χ4v) is 2.20. The van der Waals surface area contributed by atoms with Crippen molar-refractivity contribution in [1.82, 2.24) is 20.3 Å². The van der Waals surface area contributed by atoms with Crippen LogP contribution in [0, 0.1) is 27.7 Å². The molecule has 2 aromatic rings. The summed E-state index contributed by atoms with van der Waals surface area (Å²) in [7, 11) is 0. The Morgan fingerprint density at radius 3 is 2.45 bits per heavy atom. The van der Waals surface area contributed by atoms with E-state index in [0.717, 1.165) is 17.1 Å². The Labute approximate surface area is 117 Å². The minimum absolute atomic E-state index is 0.102. The van der Waals surface area contributed by atoms with E-state index in [4.69, 9.17) is 4.42 Å². The van der Waals surface area contributed by atoms with Gasteiger partial charge in [0.1, 0.15) is 11.6 Å². The quantitative estimate of drug-likeness (QED) is 0.890. The summed E-state index contributed by atoms with van der Waals surface area (Å²) in [5.41, 5.74) is 2.18. The van der Waals surface area contributed by atoms with Gasteiger partial charge in [0, 0.05) is 11.7 Å². The molecule has 0 saturated heterocycles. The van der Waals surface area contributed by atoms with E-state index in [1.165, 1.54) is 0 Å². The lowest BCUT2D eigenvalue weighted by atomic mass is 10.1. The molecule has 0 aliphatic carbocycles. The number of hydrogen-bond acceptors (Lipinski definition) is 5. The number of oxazole rings is 1. The van der Waals surface area contributed by atoms with E-state index in [2.05, 4.69) is 20.3 Å². The Morgan fingerprint density at radius 2 is 1.90 bits per heavy atom. The van der Waals surface area contributed by atoms with Gasteiger partial charge in [0.25, 0.3) is 5.56 Å². The summed E-state index contributed by atoms with van der Waals surface area (Å²) in [6, 6.07) is -0.126. The number of aromatic amines is 1. The van der Waals surface area contributed by atoms with Crippen molar-refractivity contribution in [3.63, 3.8) is 0 Å². The van der Waals surface area contributed by atoms with Crippen LogP contribution in [-0.2, 0) is 6.54 Å². The van der Waals surface area contributed by atoms with Crippen LogP contribution in [0.25, 0.3) is 0 Å². The van der Waals surface area contributed by atoms with Crippen LogP contribution in [0.2, 0.25) is 0 Å². The second kappa shape index (κ2) is 5.58. The van der Waals surface area contributed by atoms with Crippen molar-refractivity contribution in [2.45, 2.75) is 47.2 Å². The Morgan fingerprint density at radius 1 is 1.20 bits per heavy atom. The first-order chi connectivity index (χ1) is 9.38. The molecule has 0 saturated carbocycles. The van der Waals surface area contributed by atoms with E-state index in [0.29, 0.717) is 23.8 Å². The lowest BCUT2D eigenvalue weighted by Crippen LogP contribution is -2.27. The molecule has 0 amide bonds. The largest absolute Gasteiger partial charge is 0.444 e. The van der Waals surface area contributed by atoms with Crippen LogP contribution in [0.1, 0.15) is 47.4 Å². The van der Waals surface area contributed by atoms with Crippen molar-refractivity contribution in [3.8, 4) is 0 Å². The molecule has 6 nitrogen and oxygen atoms in total. The molecule has 6 heteroatoms. The highest BCUT2D eigenvalue weighted by molar-refractivity contribution is 5.20. The second-order valence-corrected chi connectivity index (χ2v) is 5.00. The van der Waals surface area contributed by atoms with Crippen LogP contribution < -0.4 is 10.9 Å². The number of aryl methyl sites for hydroxylation is 4. The second-order valence-electron chi connectivity index (χ2n) is 5.00. The van der Waals surface area contributed by atoms with Gasteiger partial charge >= 0.3 is 0 Å². The van der Waals surface area contributed by atoms with Crippen molar-refractivity contribution < 1.29 is 4.42 Å². The fraction of sp³-hybridized carbons (Fsp3) is 0.500. The van der Waals surface area contributed by atoms with Crippen LogP contribution in [-0.4, -0.2) is 15.0 Å². The van der Waals surface area contributed by atoms with Gasteiger partial charge in [-0.2, -0.15) is 0 Å². The zero-order valence-corrected chi connectivity index (χ0v) is 12.5. The van der Waals surface area contributed by atoms with Crippen LogP contribution in [0.3, 0.4) is 0 Å². The Hall–Kier alpha value is -1.95. The van der Waals surface area contributed by atoms with Gasteiger partial charge < -0.3 is 14.7 Å². The first kappa shape index (κ1) is 14.5. The number of H-pyrrole nitrogens is 1. The predicted octanol–water partition coefficient (Wildman–Crippen LogP) is 1.84. The molecule has 0 fully saturated rings. The van der Waals surface area contributed by atoms with Crippen molar-refractivity contribution in [3.05, 3.63) is 44.8 Å². The first-order valence-electron chi connectivity index (χ1n) is 6.62. The van der Waals surface area contributed by atoms with E-state index in [-0.39, 0.29) is 11.6 Å². The Kier molecular flexibility index (Phi) is 4.04. The summed E-state index contributed by atoms with van der Waals surface area (Å²) in [4.78, 5) is 23.3. The standard InChI is InChI=1S/C14H20N4O2/c1-7-10(4)20-12(17-7)6-15-8(2)13-9(3)16-11(5)18-14(13)19/h8,15H,6H2,1-5H3,(H,16,18,19). The number of rotatable bonds is 4. The molecule has 2 heterocycles. The third-order valence-corrected chi connectivity index (χ3v) is 3.33. The SMILES string of the molecule is Cc1nc(C)c(C(C)NCc2nc(C)c(C)o2)c(=O)[nH]1. The maximum atomic E-state index is 12.0. The van der Waals surface area contributed by atoms with E-state index in [1.54, 1.807) is 6.92 Å². The smallest absolute Gasteiger partial charge is 0.255 e. The molecule has 1 unspecified atom stereocenters. The lowest BCUT2D eigenvalue weighted by molar-refractivity contribution is 0.430. The van der Waals surface area contributed by atoms with E-state index in [9.17, 15) is 4.79 Å². The number of nitrogens with zero attached hydrogens (tertiary/aromatic N) is 2. The average molecular weight is 276 g/mol. The minimum Gasteiger partial charge on any atom is -0.444 e. The molecule has 0 radical (unpaired) electrons. The number of aromatic nitrogens is 3. The maximum Gasteiger partial charge on any atom is 0.255 e. The van der Waals surface area contributed by atoms with Crippen molar-refractivity contribution in [2.24, 2.45) is 0 Å². The summed E-state index contributed by atoms with van der Waals surface area (Å²) in [5.74, 6) is 2.07. The highest BCUT2D eigenvalue weighted by Crippen LogP contribution is 2.13. The molecule has 0 aromatic carbocycles. The fourth-order valence-electron chi connectivity index (χ4n) is 2.20. The zero-order valence-electron chi connectivity index (χ0n) is 12.5. The van der Waals surface area contributed by atoms with Crippen molar-refractivity contribution >= 4 is 0 Å². The third kappa shape index (κ3) is 2.96. The molecule has 2 rings (SSSR count). The minimum atomic E-state index is -0.126. The summed E-state index contributed by atoms with van der Waals surface area (Å²) in [6.45, 7) is 9.81. The molecular formula is C14H20N4O2. The van der Waals surface area contributed by atoms with Gasteiger partial charge in [-0.05, 0) is 34.6 Å². The molecule has 20 heavy (non-hydrogen) atoms. The molecule has 0 spiro atoms. The van der Waals surface area contributed by atoms with Gasteiger partial charge in [0.05, 0.1) is 17.8 Å². The van der Waals surface area contributed by atoms with Crippen LogP contribution >= 0.6 is 0 Å². The molecule has 1 atom stereocenters. The third-order valence-electron chi connectivity index (χ3n) is 3.33. The summed E-state index contributed by atoms with van der Waals surface area (Å²) in [6.07, 6.45) is 0. The van der Waals surface area contributed by atoms with E-state index < -0.39 is 0 Å². The summed E-state index contributed by atoms with van der Waals surface area (Å²) < 4.78 is 5.50. The molecule has 108 valence electrons. The van der Waals surface area contributed by atoms with E-state index in [1.807, 2.05) is 27.7 Å². The average Bonchev–Trinajstić information content (AvgIpc) is 2.65. The molecule has 2 aromatic heterocycles. The van der Waals surface area contributed by atoms with Gasteiger partial charge in [-0.25, -0.2) is 9.97 Å². The first-order valence-corrected chi connectivity index (χ1v) is 6.62. The highest BCUT2D eigenvalue weighted by Gasteiger charge is 2.15. The monoisotopic (exact) mass is 276 g/mol. The number of nitrogens with one attached hydrogen (secondary N) is 2. The Balaban J connectivity index is 2.13. The van der Waals surface area contributed by atoms with Crippen molar-refractivity contribution in [2.75, 3.05) is 0 Å². The van der Waals surface area contributed by atoms with E-state index >= 15 is 0 Å². The van der Waals surface area contributed by atoms with Crippen LogP contribution in [0.4, 0.5) is 0 Å². The molecule has 0 aliphatic heterocycles. The highest BCUT2D eigenvalue weighted by atomic mass is 16.4. The normalized spacial score (nSPS) is 12.7. The predicted molar refractivity (Wildman–Crippen MR) is 75.6 cm³/mol. The lowest BCUT2D eigenvalue weighted by Gasteiger charge is -2.14. The summed E-state index contributed by atoms with van der Waals surface area (Å²) >= 11 is 0. The molecule has 2 N–H and O–H groups in total. The van der Waals surface area contributed by atoms with Crippen LogP contribution in [0.5, 0.6) is 0 Å². The van der Waals surface area contributed by atoms with Gasteiger partial charge in [-0.15, -0.1) is 0 Å². The maximum absolute atomic E-state index is 12.0. The molecule has 0 aliphatic rings. The Bertz CT molecular complexity index is 653.